The third-order valence-corrected chi connectivity index (χ3v) is 7.73. The van der Waals surface area contributed by atoms with Crippen LogP contribution in [0.5, 0.6) is 5.75 Å². The molecule has 0 amide bonds. The molecule has 0 spiro atoms. The number of phenolic OH excluding ortho intramolecular Hbond substituents is 1. The van der Waals surface area contributed by atoms with Gasteiger partial charge in [0, 0.05) is 31.3 Å². The minimum Gasteiger partial charge on any atom is -0.508 e. The number of hydrogen-bond acceptors (Lipinski definition) is 10. The van der Waals surface area contributed by atoms with E-state index in [1.165, 1.54) is 18.3 Å². The Balaban J connectivity index is 1.75. The Labute approximate surface area is 221 Å². The van der Waals surface area contributed by atoms with Crippen LogP contribution in [0.1, 0.15) is 11.4 Å². The standard InChI is InChI=1S/C24H29N7O5S2/c1-30(2)14-21-28-22(15-31(21)3)38(35,36)29-24-23(25-18-7-5-6-8-19(18)26-24)27-20-13-17(32)10-9-16(20)11-12-37(4,33)34/h5-10,13,15,32H,11-12,14H2,1-4H3,(H,25,27)(H,26,29). The van der Waals surface area contributed by atoms with Crippen molar-refractivity contribution in [3.05, 3.63) is 60.0 Å². The zero-order chi connectivity index (χ0) is 27.7. The normalized spacial score (nSPS) is 12.2. The Morgan fingerprint density at radius 1 is 0.974 bits per heavy atom. The summed E-state index contributed by atoms with van der Waals surface area (Å²) in [5, 5.41) is 13.0. The van der Waals surface area contributed by atoms with Crippen LogP contribution in [0.4, 0.5) is 17.3 Å². The Hall–Kier alpha value is -3.75. The van der Waals surface area contributed by atoms with Gasteiger partial charge in [-0.2, -0.15) is 8.42 Å². The van der Waals surface area contributed by atoms with Crippen LogP contribution in [0.3, 0.4) is 0 Å². The van der Waals surface area contributed by atoms with Gasteiger partial charge in [0.25, 0.3) is 10.0 Å². The topological polar surface area (TPSA) is 159 Å². The number of aromatic hydroxyl groups is 1. The summed E-state index contributed by atoms with van der Waals surface area (Å²) in [6.07, 6.45) is 2.73. The van der Waals surface area contributed by atoms with Crippen LogP contribution in [0.2, 0.25) is 0 Å². The van der Waals surface area contributed by atoms with Gasteiger partial charge in [-0.25, -0.2) is 23.4 Å². The zero-order valence-electron chi connectivity index (χ0n) is 21.4. The van der Waals surface area contributed by atoms with Gasteiger partial charge in [0.1, 0.15) is 21.4 Å². The second kappa shape index (κ2) is 10.6. The number of aryl methyl sites for hydroxylation is 2. The monoisotopic (exact) mass is 559 g/mol. The largest absolute Gasteiger partial charge is 0.508 e. The van der Waals surface area contributed by atoms with Crippen molar-refractivity contribution in [3.63, 3.8) is 0 Å². The summed E-state index contributed by atoms with van der Waals surface area (Å²) < 4.78 is 54.3. The van der Waals surface area contributed by atoms with E-state index >= 15 is 0 Å². The number of aromatic nitrogens is 4. The lowest BCUT2D eigenvalue weighted by atomic mass is 10.1. The van der Waals surface area contributed by atoms with Crippen LogP contribution in [-0.2, 0) is 39.9 Å². The molecule has 2 heterocycles. The molecule has 0 aliphatic rings. The number of anilines is 3. The lowest BCUT2D eigenvalue weighted by Gasteiger charge is -2.16. The number of sulfonamides is 1. The van der Waals surface area contributed by atoms with Crippen molar-refractivity contribution in [1.29, 1.82) is 0 Å². The van der Waals surface area contributed by atoms with E-state index in [9.17, 15) is 21.9 Å². The summed E-state index contributed by atoms with van der Waals surface area (Å²) in [5.41, 5.74) is 1.92. The van der Waals surface area contributed by atoms with Crippen molar-refractivity contribution in [2.75, 3.05) is 36.1 Å². The van der Waals surface area contributed by atoms with Gasteiger partial charge in [0.2, 0.25) is 0 Å². The van der Waals surface area contributed by atoms with E-state index in [2.05, 4.69) is 25.0 Å². The third kappa shape index (κ3) is 6.57. The van der Waals surface area contributed by atoms with Gasteiger partial charge < -0.3 is 19.9 Å². The minimum absolute atomic E-state index is 0.0617. The van der Waals surface area contributed by atoms with Crippen molar-refractivity contribution in [3.8, 4) is 5.75 Å². The van der Waals surface area contributed by atoms with E-state index in [4.69, 9.17) is 0 Å². The van der Waals surface area contributed by atoms with Crippen LogP contribution in [-0.4, -0.2) is 72.5 Å². The average molecular weight is 560 g/mol. The molecular formula is C24H29N7O5S2. The molecule has 4 aromatic rings. The highest BCUT2D eigenvalue weighted by atomic mass is 32.2. The molecule has 0 fully saturated rings. The molecule has 0 aliphatic heterocycles. The molecule has 2 aromatic heterocycles. The summed E-state index contributed by atoms with van der Waals surface area (Å²) in [4.78, 5) is 15.2. The number of imidazole rings is 1. The fourth-order valence-corrected chi connectivity index (χ4v) is 5.31. The maximum atomic E-state index is 13.3. The van der Waals surface area contributed by atoms with Gasteiger partial charge in [-0.1, -0.05) is 18.2 Å². The maximum absolute atomic E-state index is 13.3. The number of phenols is 1. The van der Waals surface area contributed by atoms with Crippen molar-refractivity contribution in [2.24, 2.45) is 7.05 Å². The van der Waals surface area contributed by atoms with Crippen LogP contribution < -0.4 is 10.0 Å². The quantitative estimate of drug-likeness (QED) is 0.263. The molecule has 0 saturated heterocycles. The van der Waals surface area contributed by atoms with Gasteiger partial charge in [-0.15, -0.1) is 0 Å². The smallest absolute Gasteiger partial charge is 0.282 e. The first-order chi connectivity index (χ1) is 17.8. The van der Waals surface area contributed by atoms with Crippen molar-refractivity contribution in [2.45, 2.75) is 18.0 Å². The fraction of sp³-hybridized carbons (Fsp3) is 0.292. The van der Waals surface area contributed by atoms with E-state index in [0.29, 0.717) is 34.7 Å². The second-order valence-corrected chi connectivity index (χ2v) is 13.1. The molecule has 0 saturated carbocycles. The summed E-state index contributed by atoms with van der Waals surface area (Å²) in [6, 6.07) is 11.4. The van der Waals surface area contributed by atoms with E-state index in [-0.39, 0.29) is 34.6 Å². The van der Waals surface area contributed by atoms with Gasteiger partial charge in [0.15, 0.2) is 16.7 Å². The Morgan fingerprint density at radius 3 is 2.26 bits per heavy atom. The number of hydrogen-bond donors (Lipinski definition) is 3. The van der Waals surface area contributed by atoms with E-state index in [1.807, 2.05) is 19.0 Å². The SMILES string of the molecule is CN(C)Cc1nc(S(=O)(=O)Nc2nc3ccccc3nc2Nc2cc(O)ccc2CCS(C)(=O)=O)cn1C. The molecule has 12 nitrogen and oxygen atoms in total. The van der Waals surface area contributed by atoms with E-state index in [0.717, 1.165) is 6.26 Å². The number of para-hydroxylation sites is 2. The maximum Gasteiger partial charge on any atom is 0.282 e. The predicted molar refractivity (Wildman–Crippen MR) is 146 cm³/mol. The van der Waals surface area contributed by atoms with Crippen molar-refractivity contribution < 1.29 is 21.9 Å². The first-order valence-electron chi connectivity index (χ1n) is 11.5. The van der Waals surface area contributed by atoms with Gasteiger partial charge in [0.05, 0.1) is 23.3 Å². The highest BCUT2D eigenvalue weighted by Crippen LogP contribution is 2.30. The average Bonchev–Trinajstić information content (AvgIpc) is 3.18. The highest BCUT2D eigenvalue weighted by molar-refractivity contribution is 7.92. The van der Waals surface area contributed by atoms with E-state index < -0.39 is 19.9 Å². The molecule has 0 unspecified atom stereocenters. The molecule has 38 heavy (non-hydrogen) atoms. The highest BCUT2D eigenvalue weighted by Gasteiger charge is 2.23. The Morgan fingerprint density at radius 2 is 1.63 bits per heavy atom. The molecular weight excluding hydrogens is 530 g/mol. The number of benzene rings is 2. The first-order valence-corrected chi connectivity index (χ1v) is 15.1. The van der Waals surface area contributed by atoms with Crippen LogP contribution in [0.25, 0.3) is 11.0 Å². The molecule has 2 aromatic carbocycles. The van der Waals surface area contributed by atoms with Gasteiger partial charge >= 0.3 is 0 Å². The van der Waals surface area contributed by atoms with Crippen molar-refractivity contribution >= 4 is 48.2 Å². The molecule has 14 heteroatoms. The zero-order valence-corrected chi connectivity index (χ0v) is 23.0. The number of nitrogens with one attached hydrogen (secondary N) is 2. The number of rotatable bonds is 10. The number of fused-ring (bicyclic) bond motifs is 1. The molecule has 202 valence electrons. The first kappa shape index (κ1) is 27.3. The number of nitrogens with zero attached hydrogens (tertiary/aromatic N) is 5. The summed E-state index contributed by atoms with van der Waals surface area (Å²) in [7, 11) is -1.97. The predicted octanol–water partition coefficient (Wildman–Crippen LogP) is 2.26. The van der Waals surface area contributed by atoms with Crippen LogP contribution in [0, 0.1) is 0 Å². The molecule has 0 atom stereocenters. The van der Waals surface area contributed by atoms with Gasteiger partial charge in [-0.05, 0) is 44.3 Å². The summed E-state index contributed by atoms with van der Waals surface area (Å²) in [6.45, 7) is 0.447. The lowest BCUT2D eigenvalue weighted by molar-refractivity contribution is 0.384. The Kier molecular flexibility index (Phi) is 7.58. The molecule has 0 radical (unpaired) electrons. The van der Waals surface area contributed by atoms with Crippen LogP contribution in [0.15, 0.2) is 53.7 Å². The Bertz CT molecular complexity index is 1700. The van der Waals surface area contributed by atoms with E-state index in [1.54, 1.807) is 41.9 Å². The third-order valence-electron chi connectivity index (χ3n) is 5.57. The summed E-state index contributed by atoms with van der Waals surface area (Å²) >= 11 is 0. The number of sulfone groups is 1. The molecule has 4 rings (SSSR count). The fourth-order valence-electron chi connectivity index (χ4n) is 3.69. The van der Waals surface area contributed by atoms with Crippen molar-refractivity contribution in [1.82, 2.24) is 24.4 Å². The summed E-state index contributed by atoms with van der Waals surface area (Å²) in [5.74, 6) is 0.385. The lowest BCUT2D eigenvalue weighted by Crippen LogP contribution is -2.17. The molecule has 0 aliphatic carbocycles. The molecule has 3 N–H and O–H groups in total. The minimum atomic E-state index is -4.15. The van der Waals surface area contributed by atoms with Gasteiger partial charge in [-0.3, -0.25) is 4.72 Å². The second-order valence-electron chi connectivity index (χ2n) is 9.21. The molecule has 0 bridgehead atoms. The van der Waals surface area contributed by atoms with Crippen LogP contribution >= 0.6 is 0 Å².